The largest absolute Gasteiger partial charge is 0.338 e. The van der Waals surface area contributed by atoms with Crippen molar-refractivity contribution in [2.45, 2.75) is 11.4 Å². The molecule has 0 unspecified atom stereocenters. The van der Waals surface area contributed by atoms with Crippen LogP contribution in [0.5, 0.6) is 0 Å². The molecule has 0 saturated heterocycles. The number of amides is 1. The normalized spacial score (nSPS) is 10.9. The van der Waals surface area contributed by atoms with Crippen LogP contribution in [0.15, 0.2) is 57.9 Å². The number of benzene rings is 2. The van der Waals surface area contributed by atoms with E-state index in [9.17, 15) is 4.79 Å². The van der Waals surface area contributed by atoms with E-state index in [-0.39, 0.29) is 5.91 Å². The number of thioether (sulfide) groups is 1. The van der Waals surface area contributed by atoms with E-state index in [4.69, 9.17) is 0 Å². The number of thiazole rings is 1. The summed E-state index contributed by atoms with van der Waals surface area (Å²) < 4.78 is 2.20. The van der Waals surface area contributed by atoms with Gasteiger partial charge in [-0.3, -0.25) is 4.79 Å². The predicted molar refractivity (Wildman–Crippen MR) is 101 cm³/mol. The van der Waals surface area contributed by atoms with E-state index in [1.54, 1.807) is 28.0 Å². The lowest BCUT2D eigenvalue weighted by Gasteiger charge is -2.15. The third-order valence-electron chi connectivity index (χ3n) is 3.31. The molecular formula is C17H15BrN2OS2. The molecule has 0 saturated carbocycles. The molecule has 3 aromatic rings. The summed E-state index contributed by atoms with van der Waals surface area (Å²) in [4.78, 5) is 19.7. The second-order valence-corrected chi connectivity index (χ2v) is 8.15. The summed E-state index contributed by atoms with van der Waals surface area (Å²) in [6, 6.07) is 16.0. The molecule has 0 aliphatic heterocycles. The first-order chi connectivity index (χ1) is 11.1. The van der Waals surface area contributed by atoms with E-state index in [0.29, 0.717) is 12.3 Å². The van der Waals surface area contributed by atoms with Gasteiger partial charge in [-0.1, -0.05) is 28.1 Å². The van der Waals surface area contributed by atoms with Gasteiger partial charge in [-0.15, -0.1) is 23.1 Å². The van der Waals surface area contributed by atoms with Crippen LogP contribution in [0.4, 0.5) is 0 Å². The molecule has 3 nitrogen and oxygen atoms in total. The summed E-state index contributed by atoms with van der Waals surface area (Å²) in [5, 5.41) is 0.968. The summed E-state index contributed by atoms with van der Waals surface area (Å²) >= 11 is 6.60. The molecular weight excluding hydrogens is 392 g/mol. The minimum absolute atomic E-state index is 0.108. The number of carbonyl (C=O) groups is 1. The lowest BCUT2D eigenvalue weighted by atomic mass is 10.3. The van der Waals surface area contributed by atoms with Crippen LogP contribution in [0.2, 0.25) is 0 Å². The van der Waals surface area contributed by atoms with Crippen molar-refractivity contribution < 1.29 is 4.79 Å². The van der Waals surface area contributed by atoms with Crippen molar-refractivity contribution in [3.05, 3.63) is 58.0 Å². The van der Waals surface area contributed by atoms with Gasteiger partial charge in [-0.2, -0.15) is 0 Å². The fourth-order valence-corrected chi connectivity index (χ4v) is 4.19. The number of aromatic nitrogens is 1. The number of carbonyl (C=O) groups excluding carboxylic acids is 1. The lowest BCUT2D eigenvalue weighted by molar-refractivity contribution is -0.127. The predicted octanol–water partition coefficient (Wildman–Crippen LogP) is 4.81. The standard InChI is InChI=1S/C17H15BrN2OS2/c1-20(10-16-19-14-4-2-3-5-15(14)23-16)17(21)11-22-13-8-6-12(18)7-9-13/h2-9H,10-11H2,1H3. The average Bonchev–Trinajstić information content (AvgIpc) is 2.96. The van der Waals surface area contributed by atoms with Gasteiger partial charge in [0.2, 0.25) is 5.91 Å². The number of para-hydroxylation sites is 1. The average molecular weight is 407 g/mol. The maximum atomic E-state index is 12.3. The van der Waals surface area contributed by atoms with Gasteiger partial charge in [0.1, 0.15) is 5.01 Å². The molecule has 0 radical (unpaired) electrons. The van der Waals surface area contributed by atoms with Crippen molar-refractivity contribution in [2.24, 2.45) is 0 Å². The van der Waals surface area contributed by atoms with E-state index < -0.39 is 0 Å². The number of nitrogens with zero attached hydrogens (tertiary/aromatic N) is 2. The van der Waals surface area contributed by atoms with Gasteiger partial charge < -0.3 is 4.90 Å². The lowest BCUT2D eigenvalue weighted by Crippen LogP contribution is -2.27. The molecule has 6 heteroatoms. The second-order valence-electron chi connectivity index (χ2n) is 5.07. The van der Waals surface area contributed by atoms with E-state index in [1.807, 2.05) is 49.5 Å². The third-order valence-corrected chi connectivity index (χ3v) is 5.86. The zero-order valence-electron chi connectivity index (χ0n) is 12.5. The molecule has 1 amide bonds. The summed E-state index contributed by atoms with van der Waals surface area (Å²) in [6.07, 6.45) is 0. The summed E-state index contributed by atoms with van der Waals surface area (Å²) in [6.45, 7) is 0.555. The van der Waals surface area contributed by atoms with Crippen LogP contribution in [0.25, 0.3) is 10.2 Å². The van der Waals surface area contributed by atoms with Crippen molar-refractivity contribution in [2.75, 3.05) is 12.8 Å². The first kappa shape index (κ1) is 16.5. The Morgan fingerprint density at radius 2 is 1.96 bits per heavy atom. The smallest absolute Gasteiger partial charge is 0.233 e. The first-order valence-electron chi connectivity index (χ1n) is 7.08. The van der Waals surface area contributed by atoms with Gasteiger partial charge in [0.15, 0.2) is 0 Å². The van der Waals surface area contributed by atoms with Crippen LogP contribution in [0.3, 0.4) is 0 Å². The third kappa shape index (κ3) is 4.34. The molecule has 0 bridgehead atoms. The Bertz CT molecular complexity index is 784. The fourth-order valence-electron chi connectivity index (χ4n) is 2.06. The van der Waals surface area contributed by atoms with Crippen molar-refractivity contribution >= 4 is 55.2 Å². The highest BCUT2D eigenvalue weighted by molar-refractivity contribution is 9.10. The van der Waals surface area contributed by atoms with Gasteiger partial charge in [0.25, 0.3) is 0 Å². The summed E-state index contributed by atoms with van der Waals surface area (Å²) in [7, 11) is 1.83. The molecule has 0 spiro atoms. The highest BCUT2D eigenvalue weighted by atomic mass is 79.9. The SMILES string of the molecule is CN(Cc1nc2ccccc2s1)C(=O)CSc1ccc(Br)cc1. The molecule has 3 rings (SSSR count). The Balaban J connectivity index is 1.57. The molecule has 0 aliphatic rings. The number of hydrogen-bond donors (Lipinski definition) is 0. The Morgan fingerprint density at radius 3 is 2.70 bits per heavy atom. The van der Waals surface area contributed by atoms with Crippen molar-refractivity contribution in [1.29, 1.82) is 0 Å². The molecule has 1 aromatic heterocycles. The zero-order valence-corrected chi connectivity index (χ0v) is 15.7. The Labute approximate surface area is 151 Å². The Kier molecular flexibility index (Phi) is 5.35. The number of halogens is 1. The highest BCUT2D eigenvalue weighted by Crippen LogP contribution is 2.23. The minimum Gasteiger partial charge on any atom is -0.338 e. The van der Waals surface area contributed by atoms with E-state index in [2.05, 4.69) is 27.0 Å². The topological polar surface area (TPSA) is 33.2 Å². The number of rotatable bonds is 5. The van der Waals surface area contributed by atoms with Crippen molar-refractivity contribution in [3.63, 3.8) is 0 Å². The van der Waals surface area contributed by atoms with Gasteiger partial charge in [-0.05, 0) is 36.4 Å². The molecule has 0 fully saturated rings. The second kappa shape index (κ2) is 7.47. The van der Waals surface area contributed by atoms with Gasteiger partial charge in [0.05, 0.1) is 22.5 Å². The molecule has 23 heavy (non-hydrogen) atoms. The van der Waals surface area contributed by atoms with Crippen molar-refractivity contribution in [1.82, 2.24) is 9.88 Å². The highest BCUT2D eigenvalue weighted by Gasteiger charge is 2.12. The van der Waals surface area contributed by atoms with Gasteiger partial charge in [-0.25, -0.2) is 4.98 Å². The quantitative estimate of drug-likeness (QED) is 0.569. The summed E-state index contributed by atoms with van der Waals surface area (Å²) in [5.41, 5.74) is 0.998. The molecule has 0 N–H and O–H groups in total. The molecule has 0 aliphatic carbocycles. The van der Waals surface area contributed by atoms with Crippen LogP contribution >= 0.6 is 39.0 Å². The molecule has 0 atom stereocenters. The number of fused-ring (bicyclic) bond motifs is 1. The van der Waals surface area contributed by atoms with Crippen LogP contribution in [-0.4, -0.2) is 28.6 Å². The van der Waals surface area contributed by atoms with Gasteiger partial charge in [0, 0.05) is 16.4 Å². The van der Waals surface area contributed by atoms with Gasteiger partial charge >= 0.3 is 0 Å². The molecule has 2 aromatic carbocycles. The zero-order chi connectivity index (χ0) is 16.2. The number of hydrogen-bond acceptors (Lipinski definition) is 4. The van der Waals surface area contributed by atoms with Crippen LogP contribution in [0.1, 0.15) is 5.01 Å². The minimum atomic E-state index is 0.108. The van der Waals surface area contributed by atoms with E-state index in [1.165, 1.54) is 0 Å². The van der Waals surface area contributed by atoms with E-state index in [0.717, 1.165) is 24.6 Å². The Hall–Kier alpha value is -1.37. The molecule has 118 valence electrons. The van der Waals surface area contributed by atoms with Crippen LogP contribution in [0, 0.1) is 0 Å². The first-order valence-corrected chi connectivity index (χ1v) is 9.68. The molecule has 1 heterocycles. The maximum Gasteiger partial charge on any atom is 0.233 e. The van der Waals surface area contributed by atoms with Crippen LogP contribution < -0.4 is 0 Å². The monoisotopic (exact) mass is 406 g/mol. The van der Waals surface area contributed by atoms with Crippen molar-refractivity contribution in [3.8, 4) is 0 Å². The Morgan fingerprint density at radius 1 is 1.22 bits per heavy atom. The fraction of sp³-hybridized carbons (Fsp3) is 0.176. The van der Waals surface area contributed by atoms with E-state index >= 15 is 0 Å². The van der Waals surface area contributed by atoms with Crippen LogP contribution in [-0.2, 0) is 11.3 Å². The summed E-state index contributed by atoms with van der Waals surface area (Å²) in [5.74, 6) is 0.542. The maximum absolute atomic E-state index is 12.3.